The molecule has 1 aliphatic rings. The van der Waals surface area contributed by atoms with Gasteiger partial charge in [0.2, 0.25) is 5.78 Å². The van der Waals surface area contributed by atoms with Crippen molar-refractivity contribution in [3.05, 3.63) is 54.0 Å². The molecule has 0 N–H and O–H groups in total. The van der Waals surface area contributed by atoms with Crippen molar-refractivity contribution in [1.29, 1.82) is 0 Å². The summed E-state index contributed by atoms with van der Waals surface area (Å²) in [6.07, 6.45) is 10.9. The van der Waals surface area contributed by atoms with E-state index in [2.05, 4.69) is 28.2 Å². The Morgan fingerprint density at radius 3 is 2.84 bits per heavy atom. The minimum atomic E-state index is 0.759. The second-order valence-corrected chi connectivity index (χ2v) is 5.14. The molecule has 0 saturated heterocycles. The number of fused-ring (bicyclic) bond motifs is 2. The summed E-state index contributed by atoms with van der Waals surface area (Å²) >= 11 is 0. The minimum Gasteiger partial charge on any atom is -0.291 e. The Morgan fingerprint density at radius 1 is 1.05 bits per heavy atom. The van der Waals surface area contributed by atoms with E-state index in [1.54, 1.807) is 6.20 Å². The molecule has 0 atom stereocenters. The van der Waals surface area contributed by atoms with Gasteiger partial charge < -0.3 is 0 Å². The van der Waals surface area contributed by atoms with Gasteiger partial charge in [-0.25, -0.2) is 9.97 Å². The number of hydrogen-bond acceptors (Lipinski definition) is 2. The lowest BCUT2D eigenvalue weighted by Crippen LogP contribution is -2.02. The molecule has 1 aliphatic carbocycles. The lowest BCUT2D eigenvalue weighted by atomic mass is 9.90. The number of nitrogens with zero attached hydrogens (tertiary/aromatic N) is 3. The van der Waals surface area contributed by atoms with Gasteiger partial charge in [-0.05, 0) is 48.9 Å². The maximum atomic E-state index is 4.58. The largest absolute Gasteiger partial charge is 0.291 e. The summed E-state index contributed by atoms with van der Waals surface area (Å²) in [7, 11) is 0. The van der Waals surface area contributed by atoms with E-state index in [1.165, 1.54) is 42.4 Å². The zero-order valence-corrected chi connectivity index (χ0v) is 10.7. The fourth-order valence-corrected chi connectivity index (χ4v) is 2.86. The molecule has 4 rings (SSSR count). The summed E-state index contributed by atoms with van der Waals surface area (Å²) < 4.78 is 1.97. The van der Waals surface area contributed by atoms with Crippen LogP contribution in [0, 0.1) is 0 Å². The molecule has 1 aromatic carbocycles. The maximum absolute atomic E-state index is 4.58. The lowest BCUT2D eigenvalue weighted by Gasteiger charge is -2.15. The molecular weight excluding hydrogens is 234 g/mol. The molecule has 0 fully saturated rings. The topological polar surface area (TPSA) is 30.2 Å². The number of hydrogen-bond donors (Lipinski definition) is 0. The molecule has 3 aromatic rings. The Hall–Kier alpha value is -2.16. The van der Waals surface area contributed by atoms with Crippen molar-refractivity contribution in [2.24, 2.45) is 0 Å². The third-order valence-corrected chi connectivity index (χ3v) is 3.88. The molecule has 3 nitrogen and oxygen atoms in total. The minimum absolute atomic E-state index is 0.759. The molecule has 0 aliphatic heterocycles. The summed E-state index contributed by atoms with van der Waals surface area (Å²) in [6.45, 7) is 0. The van der Waals surface area contributed by atoms with Gasteiger partial charge >= 0.3 is 0 Å². The standard InChI is InChI=1S/C16H15N3/c1-2-5-13-10-14(7-6-12(13)4-1)15-11-19-9-3-8-17-16(19)18-15/h3,6-11H,1-2,4-5H2. The van der Waals surface area contributed by atoms with Crippen molar-refractivity contribution >= 4 is 5.78 Å². The Kier molecular flexibility index (Phi) is 2.37. The van der Waals surface area contributed by atoms with Crippen molar-refractivity contribution < 1.29 is 0 Å². The van der Waals surface area contributed by atoms with Crippen molar-refractivity contribution in [3.63, 3.8) is 0 Å². The van der Waals surface area contributed by atoms with Crippen molar-refractivity contribution in [3.8, 4) is 11.3 Å². The van der Waals surface area contributed by atoms with Crippen molar-refractivity contribution in [2.75, 3.05) is 0 Å². The molecule has 94 valence electrons. The second-order valence-electron chi connectivity index (χ2n) is 5.14. The van der Waals surface area contributed by atoms with Crippen LogP contribution < -0.4 is 0 Å². The highest BCUT2D eigenvalue weighted by atomic mass is 15.1. The highest BCUT2D eigenvalue weighted by Gasteiger charge is 2.11. The van der Waals surface area contributed by atoms with Crippen molar-refractivity contribution in [1.82, 2.24) is 14.4 Å². The monoisotopic (exact) mass is 249 g/mol. The first-order valence-electron chi connectivity index (χ1n) is 6.82. The quantitative estimate of drug-likeness (QED) is 0.662. The lowest BCUT2D eigenvalue weighted by molar-refractivity contribution is 0.686. The first-order valence-corrected chi connectivity index (χ1v) is 6.82. The molecule has 2 heterocycles. The summed E-state index contributed by atoms with van der Waals surface area (Å²) in [6, 6.07) is 8.68. The molecule has 0 unspecified atom stereocenters. The molecule has 3 heteroatoms. The third-order valence-electron chi connectivity index (χ3n) is 3.88. The van der Waals surface area contributed by atoms with Gasteiger partial charge in [-0.1, -0.05) is 12.1 Å². The third kappa shape index (κ3) is 1.82. The van der Waals surface area contributed by atoms with E-state index in [1.807, 2.05) is 22.9 Å². The van der Waals surface area contributed by atoms with Crippen LogP contribution in [0.5, 0.6) is 0 Å². The summed E-state index contributed by atoms with van der Waals surface area (Å²) in [5.74, 6) is 0.759. The predicted molar refractivity (Wildman–Crippen MR) is 75.1 cm³/mol. The van der Waals surface area contributed by atoms with Crippen LogP contribution in [0.3, 0.4) is 0 Å². The average molecular weight is 249 g/mol. The molecule has 0 spiro atoms. The van der Waals surface area contributed by atoms with Crippen LogP contribution in [0.2, 0.25) is 0 Å². The zero-order valence-electron chi connectivity index (χ0n) is 10.7. The summed E-state index contributed by atoms with van der Waals surface area (Å²) in [4.78, 5) is 8.85. The predicted octanol–water partition coefficient (Wildman–Crippen LogP) is 3.28. The smallest absolute Gasteiger partial charge is 0.234 e. The highest BCUT2D eigenvalue weighted by molar-refractivity contribution is 5.63. The van der Waals surface area contributed by atoms with Gasteiger partial charge in [-0.15, -0.1) is 0 Å². The SMILES string of the molecule is c1cnc2nc(-c3ccc4c(c3)CCCC4)cn2c1. The van der Waals surface area contributed by atoms with Gasteiger partial charge in [0, 0.05) is 24.2 Å². The fraction of sp³-hybridized carbons (Fsp3) is 0.250. The molecule has 0 radical (unpaired) electrons. The Balaban J connectivity index is 1.83. The maximum Gasteiger partial charge on any atom is 0.234 e. The van der Waals surface area contributed by atoms with Gasteiger partial charge in [0.05, 0.1) is 5.69 Å². The van der Waals surface area contributed by atoms with E-state index in [-0.39, 0.29) is 0 Å². The van der Waals surface area contributed by atoms with Crippen LogP contribution >= 0.6 is 0 Å². The first kappa shape index (κ1) is 10.7. The molecule has 2 aromatic heterocycles. The van der Waals surface area contributed by atoms with Crippen LogP contribution in [0.25, 0.3) is 17.0 Å². The van der Waals surface area contributed by atoms with E-state index in [9.17, 15) is 0 Å². The van der Waals surface area contributed by atoms with Gasteiger partial charge in [-0.3, -0.25) is 4.40 Å². The number of imidazole rings is 1. The number of aryl methyl sites for hydroxylation is 2. The number of aromatic nitrogens is 3. The molecule has 0 bridgehead atoms. The van der Waals surface area contributed by atoms with Crippen LogP contribution in [-0.2, 0) is 12.8 Å². The van der Waals surface area contributed by atoms with E-state index in [4.69, 9.17) is 0 Å². The first-order chi connectivity index (χ1) is 9.40. The molecule has 0 saturated carbocycles. The van der Waals surface area contributed by atoms with Crippen LogP contribution in [0.4, 0.5) is 0 Å². The van der Waals surface area contributed by atoms with Crippen LogP contribution in [0.15, 0.2) is 42.9 Å². The average Bonchev–Trinajstić information content (AvgIpc) is 2.90. The number of rotatable bonds is 1. The molecule has 19 heavy (non-hydrogen) atoms. The number of benzene rings is 1. The Labute approximate surface area is 111 Å². The summed E-state index contributed by atoms with van der Waals surface area (Å²) in [5.41, 5.74) is 5.21. The highest BCUT2D eigenvalue weighted by Crippen LogP contribution is 2.26. The van der Waals surface area contributed by atoms with Crippen LogP contribution in [0.1, 0.15) is 24.0 Å². The van der Waals surface area contributed by atoms with Gasteiger partial charge in [-0.2, -0.15) is 0 Å². The zero-order chi connectivity index (χ0) is 12.7. The van der Waals surface area contributed by atoms with E-state index >= 15 is 0 Å². The fourth-order valence-electron chi connectivity index (χ4n) is 2.86. The van der Waals surface area contributed by atoms with Crippen LogP contribution in [-0.4, -0.2) is 14.4 Å². The normalized spacial score (nSPS) is 14.5. The van der Waals surface area contributed by atoms with E-state index < -0.39 is 0 Å². The van der Waals surface area contributed by atoms with Gasteiger partial charge in [0.1, 0.15) is 0 Å². The van der Waals surface area contributed by atoms with Crippen molar-refractivity contribution in [2.45, 2.75) is 25.7 Å². The van der Waals surface area contributed by atoms with E-state index in [0.29, 0.717) is 0 Å². The van der Waals surface area contributed by atoms with Gasteiger partial charge in [0.25, 0.3) is 0 Å². The van der Waals surface area contributed by atoms with E-state index in [0.717, 1.165) is 11.5 Å². The molecular formula is C16H15N3. The summed E-state index contributed by atoms with van der Waals surface area (Å²) in [5, 5.41) is 0. The Bertz CT molecular complexity index is 710. The Morgan fingerprint density at radius 2 is 1.95 bits per heavy atom. The van der Waals surface area contributed by atoms with Gasteiger partial charge in [0.15, 0.2) is 0 Å². The molecule has 0 amide bonds. The second kappa shape index (κ2) is 4.19.